The third-order valence-corrected chi connectivity index (χ3v) is 4.29. The number of carbonyl (C=O) groups excluding carboxylic acids is 4. The summed E-state index contributed by atoms with van der Waals surface area (Å²) in [7, 11) is 0. The van der Waals surface area contributed by atoms with Crippen LogP contribution in [0, 0.1) is 5.92 Å². The topological polar surface area (TPSA) is 214 Å². The number of primary amides is 1. The second-order valence-corrected chi connectivity index (χ2v) is 6.96. The van der Waals surface area contributed by atoms with Gasteiger partial charge in [-0.3, -0.25) is 19.2 Å². The van der Waals surface area contributed by atoms with E-state index >= 15 is 0 Å². The molecule has 0 saturated carbocycles. The number of aliphatic carboxylic acids is 1. The number of nitrogens with one attached hydrogen (secondary N) is 3. The van der Waals surface area contributed by atoms with Crippen molar-refractivity contribution < 1.29 is 34.2 Å². The Balaban J connectivity index is 5.42. The van der Waals surface area contributed by atoms with E-state index in [-0.39, 0.29) is 0 Å². The van der Waals surface area contributed by atoms with Gasteiger partial charge in [-0.15, -0.1) is 0 Å². The Morgan fingerprint density at radius 2 is 1.41 bits per heavy atom. The normalized spacial score (nSPS) is 17.0. The van der Waals surface area contributed by atoms with Crippen molar-refractivity contribution in [2.24, 2.45) is 17.4 Å². The third-order valence-electron chi connectivity index (χ3n) is 4.29. The summed E-state index contributed by atoms with van der Waals surface area (Å²) in [6.07, 6.45) is -1.50. The van der Waals surface area contributed by atoms with Gasteiger partial charge in [-0.05, 0) is 19.8 Å². The van der Waals surface area contributed by atoms with Gasteiger partial charge in [-0.25, -0.2) is 4.79 Å². The number of hydrogen-bond donors (Lipinski definition) is 7. The Bertz CT molecular complexity index is 623. The molecule has 6 atom stereocenters. The molecule has 0 aromatic carbocycles. The van der Waals surface area contributed by atoms with Crippen LogP contribution in [0.25, 0.3) is 0 Å². The molecule has 0 aliphatic carbocycles. The molecule has 0 spiro atoms. The second kappa shape index (κ2) is 12.0. The molecule has 0 radical (unpaired) electrons. The molecule has 12 heteroatoms. The van der Waals surface area contributed by atoms with Crippen LogP contribution in [0.15, 0.2) is 0 Å². The molecule has 6 unspecified atom stereocenters. The molecule has 29 heavy (non-hydrogen) atoms. The lowest BCUT2D eigenvalue weighted by Gasteiger charge is -2.27. The molecule has 4 amide bonds. The summed E-state index contributed by atoms with van der Waals surface area (Å²) in [6.45, 7) is 5.95. The van der Waals surface area contributed by atoms with E-state index in [1.165, 1.54) is 13.8 Å². The highest BCUT2D eigenvalue weighted by Crippen LogP contribution is 2.09. The number of nitrogens with two attached hydrogens (primary N) is 2. The van der Waals surface area contributed by atoms with Gasteiger partial charge in [0.15, 0.2) is 0 Å². The smallest absolute Gasteiger partial charge is 0.326 e. The molecule has 166 valence electrons. The molecular weight excluding hydrogens is 386 g/mol. The molecule has 12 nitrogen and oxygen atoms in total. The molecule has 0 aliphatic heterocycles. The lowest BCUT2D eigenvalue weighted by atomic mass is 9.98. The predicted molar refractivity (Wildman–Crippen MR) is 102 cm³/mol. The van der Waals surface area contributed by atoms with Crippen molar-refractivity contribution in [2.45, 2.75) is 70.8 Å². The van der Waals surface area contributed by atoms with Crippen molar-refractivity contribution >= 4 is 29.6 Å². The summed E-state index contributed by atoms with van der Waals surface area (Å²) in [5.74, 6) is -5.19. The van der Waals surface area contributed by atoms with Gasteiger partial charge in [0.1, 0.15) is 18.1 Å². The van der Waals surface area contributed by atoms with E-state index < -0.39 is 72.2 Å². The molecule has 0 aromatic rings. The average Bonchev–Trinajstić information content (AvgIpc) is 2.61. The van der Waals surface area contributed by atoms with Gasteiger partial charge in [-0.2, -0.15) is 0 Å². The third kappa shape index (κ3) is 8.87. The molecular formula is C17H31N5O7. The minimum absolute atomic E-state index is 0.408. The van der Waals surface area contributed by atoms with Gasteiger partial charge in [0.25, 0.3) is 0 Å². The summed E-state index contributed by atoms with van der Waals surface area (Å²) in [5, 5.41) is 25.9. The first-order chi connectivity index (χ1) is 13.3. The number of carbonyl (C=O) groups is 5. The van der Waals surface area contributed by atoms with Crippen molar-refractivity contribution in [1.29, 1.82) is 0 Å². The zero-order valence-electron chi connectivity index (χ0n) is 17.0. The van der Waals surface area contributed by atoms with Gasteiger partial charge in [0.05, 0.1) is 18.6 Å². The van der Waals surface area contributed by atoms with Crippen molar-refractivity contribution in [3.8, 4) is 0 Å². The Morgan fingerprint density at radius 1 is 0.897 bits per heavy atom. The van der Waals surface area contributed by atoms with E-state index in [1.807, 2.05) is 0 Å². The van der Waals surface area contributed by atoms with E-state index in [0.29, 0.717) is 6.42 Å². The number of carboxylic acid groups (broad SMARTS) is 1. The zero-order valence-corrected chi connectivity index (χ0v) is 17.0. The highest BCUT2D eigenvalue weighted by molar-refractivity contribution is 5.96. The maximum absolute atomic E-state index is 12.5. The Kier molecular flexibility index (Phi) is 10.8. The van der Waals surface area contributed by atoms with E-state index in [4.69, 9.17) is 11.5 Å². The fourth-order valence-electron chi connectivity index (χ4n) is 2.30. The molecule has 0 fully saturated rings. The summed E-state index contributed by atoms with van der Waals surface area (Å²) < 4.78 is 0. The van der Waals surface area contributed by atoms with Crippen LogP contribution < -0.4 is 27.4 Å². The van der Waals surface area contributed by atoms with Crippen LogP contribution in [0.3, 0.4) is 0 Å². The molecule has 0 bridgehead atoms. The van der Waals surface area contributed by atoms with Crippen molar-refractivity contribution in [2.75, 3.05) is 0 Å². The number of aliphatic hydroxyl groups excluding tert-OH is 1. The summed E-state index contributed by atoms with van der Waals surface area (Å²) in [4.78, 5) is 59.3. The average molecular weight is 417 g/mol. The van der Waals surface area contributed by atoms with Gasteiger partial charge >= 0.3 is 5.97 Å². The highest BCUT2D eigenvalue weighted by atomic mass is 16.4. The Morgan fingerprint density at radius 3 is 1.79 bits per heavy atom. The van der Waals surface area contributed by atoms with Crippen LogP contribution >= 0.6 is 0 Å². The molecule has 9 N–H and O–H groups in total. The molecule has 0 aromatic heterocycles. The van der Waals surface area contributed by atoms with Crippen LogP contribution in [0.1, 0.15) is 40.5 Å². The number of hydrogen-bond acceptors (Lipinski definition) is 7. The SMILES string of the molecule is CCC(C)C(NC(=O)C(NC(=O)C(CC(N)=O)NC(=O)C(C)N)C(C)O)C(=O)O. The first kappa shape index (κ1) is 26.3. The van der Waals surface area contributed by atoms with E-state index in [0.717, 1.165) is 0 Å². The first-order valence-electron chi connectivity index (χ1n) is 9.17. The van der Waals surface area contributed by atoms with E-state index in [1.54, 1.807) is 13.8 Å². The maximum atomic E-state index is 12.5. The largest absolute Gasteiger partial charge is 0.480 e. The minimum atomic E-state index is -1.53. The monoisotopic (exact) mass is 417 g/mol. The summed E-state index contributed by atoms with van der Waals surface area (Å²) in [6, 6.07) is -5.16. The van der Waals surface area contributed by atoms with Gasteiger partial charge in [0, 0.05) is 0 Å². The Hall–Kier alpha value is -2.73. The fourth-order valence-corrected chi connectivity index (χ4v) is 2.30. The molecule has 0 aliphatic rings. The molecule has 0 rings (SSSR count). The summed E-state index contributed by atoms with van der Waals surface area (Å²) >= 11 is 0. The van der Waals surface area contributed by atoms with Crippen molar-refractivity contribution in [3.05, 3.63) is 0 Å². The predicted octanol–water partition coefficient (Wildman–Crippen LogP) is -2.83. The van der Waals surface area contributed by atoms with Crippen LogP contribution in [-0.2, 0) is 24.0 Å². The highest BCUT2D eigenvalue weighted by Gasteiger charge is 2.34. The van der Waals surface area contributed by atoms with Crippen LogP contribution in [-0.4, -0.2) is 70.1 Å². The van der Waals surface area contributed by atoms with E-state index in [2.05, 4.69) is 16.0 Å². The maximum Gasteiger partial charge on any atom is 0.326 e. The number of aliphatic hydroxyl groups is 1. The van der Waals surface area contributed by atoms with Crippen molar-refractivity contribution in [3.63, 3.8) is 0 Å². The molecule has 0 saturated heterocycles. The summed E-state index contributed by atoms with van der Waals surface area (Å²) in [5.41, 5.74) is 10.5. The van der Waals surface area contributed by atoms with Crippen molar-refractivity contribution in [1.82, 2.24) is 16.0 Å². The molecule has 0 heterocycles. The minimum Gasteiger partial charge on any atom is -0.480 e. The van der Waals surface area contributed by atoms with Gasteiger partial charge in [0.2, 0.25) is 23.6 Å². The van der Waals surface area contributed by atoms with Crippen LogP contribution in [0.2, 0.25) is 0 Å². The standard InChI is InChI=1S/C17H31N5O7/c1-5-7(2)12(17(28)29)21-16(27)13(9(4)23)22-15(26)10(6-11(19)24)20-14(25)8(3)18/h7-10,12-13,23H,5-6,18H2,1-4H3,(H2,19,24)(H,20,25)(H,21,27)(H,22,26)(H,28,29). The zero-order chi connectivity index (χ0) is 22.9. The van der Waals surface area contributed by atoms with Gasteiger partial charge < -0.3 is 37.6 Å². The van der Waals surface area contributed by atoms with Crippen LogP contribution in [0.5, 0.6) is 0 Å². The van der Waals surface area contributed by atoms with E-state index in [9.17, 15) is 34.2 Å². The second-order valence-electron chi connectivity index (χ2n) is 6.96. The number of amides is 4. The first-order valence-corrected chi connectivity index (χ1v) is 9.17. The lowest BCUT2D eigenvalue weighted by Crippen LogP contribution is -2.60. The quantitative estimate of drug-likeness (QED) is 0.175. The van der Waals surface area contributed by atoms with Crippen LogP contribution in [0.4, 0.5) is 0 Å². The van der Waals surface area contributed by atoms with Gasteiger partial charge in [-0.1, -0.05) is 20.3 Å². The Labute approximate surface area is 168 Å². The number of rotatable bonds is 12. The number of carboxylic acids is 1. The lowest BCUT2D eigenvalue weighted by molar-refractivity contribution is -0.144. The fraction of sp³-hybridized carbons (Fsp3) is 0.706.